The third kappa shape index (κ3) is 3.76. The van der Waals surface area contributed by atoms with Gasteiger partial charge in [0.2, 0.25) is 5.91 Å². The fraction of sp³-hybridized carbons (Fsp3) is 0.429. The van der Waals surface area contributed by atoms with Crippen molar-refractivity contribution in [1.82, 2.24) is 5.32 Å². The van der Waals surface area contributed by atoms with E-state index in [1.165, 1.54) is 19.1 Å². The second-order valence-electron chi connectivity index (χ2n) is 4.83. The quantitative estimate of drug-likeness (QED) is 0.842. The zero-order valence-electron chi connectivity index (χ0n) is 11.4. The summed E-state index contributed by atoms with van der Waals surface area (Å²) in [5, 5.41) is 11.5. The summed E-state index contributed by atoms with van der Waals surface area (Å²) >= 11 is 0. The van der Waals surface area contributed by atoms with Crippen LogP contribution >= 0.6 is 0 Å². The average molecular weight is 285 g/mol. The van der Waals surface area contributed by atoms with Crippen molar-refractivity contribution in [2.75, 3.05) is 0 Å². The molecule has 1 aromatic carbocycles. The Morgan fingerprint density at radius 2 is 2.00 bits per heavy atom. The Hall–Kier alpha value is -1.98. The summed E-state index contributed by atoms with van der Waals surface area (Å²) in [7, 11) is 0. The Morgan fingerprint density at radius 1 is 1.35 bits per heavy atom. The Labute approximate surface area is 115 Å². The van der Waals surface area contributed by atoms with E-state index in [1.54, 1.807) is 6.92 Å². The summed E-state index contributed by atoms with van der Waals surface area (Å²) < 4.78 is 26.4. The van der Waals surface area contributed by atoms with Gasteiger partial charge in [-0.1, -0.05) is 25.5 Å². The van der Waals surface area contributed by atoms with E-state index in [1.807, 2.05) is 0 Å². The average Bonchev–Trinajstić information content (AvgIpc) is 2.35. The van der Waals surface area contributed by atoms with Crippen LogP contribution in [0.1, 0.15) is 32.3 Å². The van der Waals surface area contributed by atoms with Crippen molar-refractivity contribution in [3.05, 3.63) is 35.4 Å². The number of carbonyl (C=O) groups excluding carboxylic acids is 1. The van der Waals surface area contributed by atoms with Crippen LogP contribution in [-0.4, -0.2) is 22.5 Å². The van der Waals surface area contributed by atoms with Gasteiger partial charge >= 0.3 is 5.97 Å². The van der Waals surface area contributed by atoms with Crippen LogP contribution in [0, 0.1) is 11.6 Å². The van der Waals surface area contributed by atoms with Gasteiger partial charge in [-0.15, -0.1) is 0 Å². The minimum atomic E-state index is -1.41. The molecular formula is C14H17F2NO3. The second-order valence-corrected chi connectivity index (χ2v) is 4.83. The van der Waals surface area contributed by atoms with Gasteiger partial charge in [0.25, 0.3) is 0 Å². The van der Waals surface area contributed by atoms with Crippen LogP contribution in [0.5, 0.6) is 0 Å². The molecule has 1 rings (SSSR count). The standard InChI is InChI=1S/C14H17F2NO3/c1-3-7-14(2,13(19)20)17-11(18)8-9-5-4-6-10(15)12(9)16/h4-6H,3,7-8H2,1-2H3,(H,17,18)(H,19,20). The molecule has 0 aromatic heterocycles. The predicted molar refractivity (Wildman–Crippen MR) is 69.2 cm³/mol. The molecule has 0 saturated carbocycles. The van der Waals surface area contributed by atoms with Crippen LogP contribution in [0.25, 0.3) is 0 Å². The van der Waals surface area contributed by atoms with Crippen LogP contribution in [-0.2, 0) is 16.0 Å². The Kier molecular flexibility index (Phi) is 5.19. The number of nitrogens with one attached hydrogen (secondary N) is 1. The molecule has 0 fully saturated rings. The van der Waals surface area contributed by atoms with Crippen molar-refractivity contribution in [2.45, 2.75) is 38.6 Å². The number of carboxylic acid groups (broad SMARTS) is 1. The Bertz CT molecular complexity index is 519. The number of carbonyl (C=O) groups is 2. The summed E-state index contributed by atoms with van der Waals surface area (Å²) in [5.74, 6) is -3.94. The monoisotopic (exact) mass is 285 g/mol. The first-order valence-corrected chi connectivity index (χ1v) is 6.27. The number of hydrogen-bond donors (Lipinski definition) is 2. The van der Waals surface area contributed by atoms with Gasteiger partial charge in [0.05, 0.1) is 6.42 Å². The number of hydrogen-bond acceptors (Lipinski definition) is 2. The topological polar surface area (TPSA) is 66.4 Å². The maximum Gasteiger partial charge on any atom is 0.329 e. The first kappa shape index (κ1) is 16.1. The fourth-order valence-corrected chi connectivity index (χ4v) is 1.93. The molecule has 1 aromatic rings. The van der Waals surface area contributed by atoms with Crippen LogP contribution in [0.4, 0.5) is 8.78 Å². The summed E-state index contributed by atoms with van der Waals surface area (Å²) in [6, 6.07) is 3.54. The lowest BCUT2D eigenvalue weighted by molar-refractivity contribution is -0.147. The van der Waals surface area contributed by atoms with E-state index in [0.717, 1.165) is 6.07 Å². The maximum absolute atomic E-state index is 13.4. The number of rotatable bonds is 6. The Balaban J connectivity index is 2.81. The van der Waals surface area contributed by atoms with Crippen molar-refractivity contribution < 1.29 is 23.5 Å². The van der Waals surface area contributed by atoms with E-state index in [9.17, 15) is 18.4 Å². The van der Waals surface area contributed by atoms with Gasteiger partial charge < -0.3 is 10.4 Å². The highest BCUT2D eigenvalue weighted by molar-refractivity contribution is 5.87. The molecule has 6 heteroatoms. The summed E-state index contributed by atoms with van der Waals surface area (Å²) in [5.41, 5.74) is -1.51. The zero-order chi connectivity index (χ0) is 15.3. The van der Waals surface area contributed by atoms with Crippen molar-refractivity contribution in [2.24, 2.45) is 0 Å². The van der Waals surface area contributed by atoms with Gasteiger partial charge in [0.15, 0.2) is 11.6 Å². The minimum Gasteiger partial charge on any atom is -0.480 e. The maximum atomic E-state index is 13.4. The van der Waals surface area contributed by atoms with Crippen molar-refractivity contribution in [3.63, 3.8) is 0 Å². The summed E-state index contributed by atoms with van der Waals surface area (Å²) in [4.78, 5) is 23.0. The highest BCUT2D eigenvalue weighted by atomic mass is 19.2. The molecule has 0 heterocycles. The molecule has 1 atom stereocenters. The highest BCUT2D eigenvalue weighted by Crippen LogP contribution is 2.15. The van der Waals surface area contributed by atoms with Gasteiger partial charge in [0.1, 0.15) is 5.54 Å². The van der Waals surface area contributed by atoms with E-state index < -0.39 is 35.5 Å². The van der Waals surface area contributed by atoms with Crippen LogP contribution in [0.3, 0.4) is 0 Å². The molecule has 0 aliphatic carbocycles. The molecule has 0 radical (unpaired) electrons. The van der Waals surface area contributed by atoms with Gasteiger partial charge in [-0.3, -0.25) is 4.79 Å². The molecule has 110 valence electrons. The number of carboxylic acids is 1. The van der Waals surface area contributed by atoms with E-state index in [-0.39, 0.29) is 12.0 Å². The first-order chi connectivity index (χ1) is 9.30. The molecule has 1 unspecified atom stereocenters. The third-order valence-corrected chi connectivity index (χ3v) is 3.02. The molecule has 0 spiro atoms. The minimum absolute atomic E-state index is 0.105. The lowest BCUT2D eigenvalue weighted by Crippen LogP contribution is -2.52. The second kappa shape index (κ2) is 6.45. The number of aliphatic carboxylic acids is 1. The fourth-order valence-electron chi connectivity index (χ4n) is 1.93. The van der Waals surface area contributed by atoms with E-state index in [4.69, 9.17) is 5.11 Å². The number of halogens is 2. The third-order valence-electron chi connectivity index (χ3n) is 3.02. The lowest BCUT2D eigenvalue weighted by Gasteiger charge is -2.25. The molecule has 1 amide bonds. The predicted octanol–water partition coefficient (Wildman–Crippen LogP) is 2.27. The number of benzene rings is 1. The largest absolute Gasteiger partial charge is 0.480 e. The lowest BCUT2D eigenvalue weighted by atomic mass is 9.96. The molecule has 0 aliphatic rings. The van der Waals surface area contributed by atoms with Crippen LogP contribution in [0.15, 0.2) is 18.2 Å². The summed E-state index contributed by atoms with van der Waals surface area (Å²) in [6.45, 7) is 3.18. The van der Waals surface area contributed by atoms with Crippen molar-refractivity contribution >= 4 is 11.9 Å². The smallest absolute Gasteiger partial charge is 0.329 e. The van der Waals surface area contributed by atoms with Gasteiger partial charge in [-0.25, -0.2) is 13.6 Å². The molecule has 2 N–H and O–H groups in total. The number of amides is 1. The molecule has 0 bridgehead atoms. The van der Waals surface area contributed by atoms with Crippen molar-refractivity contribution in [3.8, 4) is 0 Å². The SMILES string of the molecule is CCCC(C)(NC(=O)Cc1cccc(F)c1F)C(=O)O. The Morgan fingerprint density at radius 3 is 2.55 bits per heavy atom. The van der Waals surface area contributed by atoms with Crippen LogP contribution < -0.4 is 5.32 Å². The van der Waals surface area contributed by atoms with Crippen molar-refractivity contribution in [1.29, 1.82) is 0 Å². The first-order valence-electron chi connectivity index (χ1n) is 6.27. The van der Waals surface area contributed by atoms with E-state index >= 15 is 0 Å². The molecule has 0 saturated heterocycles. The van der Waals surface area contributed by atoms with Gasteiger partial charge in [-0.2, -0.15) is 0 Å². The van der Waals surface area contributed by atoms with Gasteiger partial charge in [0, 0.05) is 5.56 Å². The summed E-state index contributed by atoms with van der Waals surface area (Å²) in [6.07, 6.45) is 0.410. The molecular weight excluding hydrogens is 268 g/mol. The highest BCUT2D eigenvalue weighted by Gasteiger charge is 2.33. The van der Waals surface area contributed by atoms with Gasteiger partial charge in [-0.05, 0) is 19.4 Å². The molecule has 0 aliphatic heterocycles. The normalized spacial score (nSPS) is 13.6. The van der Waals surface area contributed by atoms with E-state index in [0.29, 0.717) is 6.42 Å². The van der Waals surface area contributed by atoms with Crippen LogP contribution in [0.2, 0.25) is 0 Å². The molecule has 4 nitrogen and oxygen atoms in total. The molecule has 20 heavy (non-hydrogen) atoms. The zero-order valence-corrected chi connectivity index (χ0v) is 11.4. The van der Waals surface area contributed by atoms with E-state index in [2.05, 4.69) is 5.32 Å².